The van der Waals surface area contributed by atoms with Gasteiger partial charge in [0.2, 0.25) is 12.4 Å². The van der Waals surface area contributed by atoms with E-state index in [1.54, 1.807) is 39.5 Å². The van der Waals surface area contributed by atoms with Crippen molar-refractivity contribution in [1.82, 2.24) is 4.98 Å². The number of fused-ring (bicyclic) bond motifs is 2. The number of hydrogen-bond acceptors (Lipinski definition) is 6. The molecule has 0 spiro atoms. The molecule has 0 bridgehead atoms. The number of pyridine rings is 1. The number of ether oxygens (including phenoxy) is 5. The lowest BCUT2D eigenvalue weighted by Crippen LogP contribution is -2.06. The Hall–Kier alpha value is -3.35. The quantitative estimate of drug-likeness (QED) is 0.775. The van der Waals surface area contributed by atoms with Gasteiger partial charge in [0.25, 0.3) is 0 Å². The first-order chi connectivity index (χ1) is 12.6. The van der Waals surface area contributed by atoms with Crippen LogP contribution in [0, 0.1) is 0 Å². The van der Waals surface area contributed by atoms with Crippen LogP contribution in [0.2, 0.25) is 0 Å². The molecule has 0 unspecified atom stereocenters. The van der Waals surface area contributed by atoms with Crippen LogP contribution in [0.15, 0.2) is 35.1 Å². The highest BCUT2D eigenvalue weighted by Crippen LogP contribution is 2.45. The fourth-order valence-corrected chi connectivity index (χ4v) is 3.12. The molecule has 1 N–H and O–H groups in total. The second-order valence-corrected chi connectivity index (χ2v) is 5.71. The van der Waals surface area contributed by atoms with Gasteiger partial charge in [-0.3, -0.25) is 4.79 Å². The number of aromatic amines is 1. The van der Waals surface area contributed by atoms with Gasteiger partial charge in [0, 0.05) is 35.2 Å². The third-order valence-electron chi connectivity index (χ3n) is 4.32. The third-order valence-corrected chi connectivity index (χ3v) is 4.32. The summed E-state index contributed by atoms with van der Waals surface area (Å²) in [6, 6.07) is 8.60. The van der Waals surface area contributed by atoms with Crippen LogP contribution in [-0.2, 0) is 0 Å². The zero-order valence-electron chi connectivity index (χ0n) is 14.5. The first kappa shape index (κ1) is 16.1. The number of aromatic nitrogens is 1. The lowest BCUT2D eigenvalue weighted by atomic mass is 9.98. The summed E-state index contributed by atoms with van der Waals surface area (Å²) >= 11 is 0. The van der Waals surface area contributed by atoms with Gasteiger partial charge in [-0.25, -0.2) is 0 Å². The number of rotatable bonds is 4. The number of methoxy groups -OCH3 is 3. The van der Waals surface area contributed by atoms with E-state index in [-0.39, 0.29) is 12.4 Å². The lowest BCUT2D eigenvalue weighted by molar-refractivity contribution is 0.174. The SMILES string of the molecule is COc1cc(OC)c(-c2cc(=O)[nH]c3cc4c(cc23)OCO4)c(OC)c1. The van der Waals surface area contributed by atoms with Gasteiger partial charge < -0.3 is 28.7 Å². The zero-order valence-corrected chi connectivity index (χ0v) is 14.5. The molecule has 134 valence electrons. The number of nitrogens with one attached hydrogen (secondary N) is 1. The monoisotopic (exact) mass is 355 g/mol. The fraction of sp³-hybridized carbons (Fsp3) is 0.211. The van der Waals surface area contributed by atoms with E-state index in [4.69, 9.17) is 23.7 Å². The van der Waals surface area contributed by atoms with E-state index in [9.17, 15) is 4.79 Å². The average Bonchev–Trinajstić information content (AvgIpc) is 3.11. The molecule has 1 aromatic heterocycles. The minimum absolute atomic E-state index is 0.153. The summed E-state index contributed by atoms with van der Waals surface area (Å²) in [7, 11) is 4.68. The number of benzene rings is 2. The van der Waals surface area contributed by atoms with Crippen molar-refractivity contribution in [2.75, 3.05) is 28.1 Å². The standard InChI is InChI=1S/C19H17NO6/c1-22-10-4-16(23-2)19(17(5-10)24-3)12-7-18(21)20-13-8-15-14(6-11(12)13)25-9-26-15/h4-8H,9H2,1-3H3,(H,20,21). The molecule has 0 radical (unpaired) electrons. The average molecular weight is 355 g/mol. The van der Waals surface area contributed by atoms with Crippen LogP contribution < -0.4 is 29.2 Å². The highest BCUT2D eigenvalue weighted by Gasteiger charge is 2.21. The van der Waals surface area contributed by atoms with Crippen LogP contribution in [-0.4, -0.2) is 33.1 Å². The largest absolute Gasteiger partial charge is 0.496 e. The van der Waals surface area contributed by atoms with Gasteiger partial charge in [0.15, 0.2) is 11.5 Å². The molecule has 3 aromatic rings. The molecule has 1 aliphatic rings. The van der Waals surface area contributed by atoms with E-state index in [0.29, 0.717) is 45.4 Å². The summed E-state index contributed by atoms with van der Waals surface area (Å²) in [5.41, 5.74) is 1.71. The molecule has 4 rings (SSSR count). The molecule has 0 aliphatic carbocycles. The smallest absolute Gasteiger partial charge is 0.249 e. The molecule has 2 aromatic carbocycles. The van der Waals surface area contributed by atoms with E-state index in [1.807, 2.05) is 6.07 Å². The van der Waals surface area contributed by atoms with Crippen molar-refractivity contribution in [2.45, 2.75) is 0 Å². The molecule has 26 heavy (non-hydrogen) atoms. The molecule has 7 nitrogen and oxygen atoms in total. The van der Waals surface area contributed by atoms with Gasteiger partial charge in [-0.1, -0.05) is 0 Å². The summed E-state index contributed by atoms with van der Waals surface area (Å²) < 4.78 is 27.3. The normalized spacial score (nSPS) is 12.3. The Kier molecular flexibility index (Phi) is 3.84. The van der Waals surface area contributed by atoms with Crippen molar-refractivity contribution in [3.05, 3.63) is 40.7 Å². The molecule has 1 aliphatic heterocycles. The van der Waals surface area contributed by atoms with E-state index in [0.717, 1.165) is 5.39 Å². The van der Waals surface area contributed by atoms with E-state index >= 15 is 0 Å². The topological polar surface area (TPSA) is 79.0 Å². The zero-order chi connectivity index (χ0) is 18.3. The van der Waals surface area contributed by atoms with E-state index < -0.39 is 0 Å². The van der Waals surface area contributed by atoms with Gasteiger partial charge in [-0.15, -0.1) is 0 Å². The van der Waals surface area contributed by atoms with Crippen LogP contribution in [0.25, 0.3) is 22.0 Å². The Labute approximate surface area is 149 Å². The molecule has 0 saturated heterocycles. The Morgan fingerprint density at radius 1 is 0.885 bits per heavy atom. The van der Waals surface area contributed by atoms with Gasteiger partial charge in [-0.05, 0) is 6.07 Å². The number of H-pyrrole nitrogens is 1. The molecular formula is C19H17NO6. The van der Waals surface area contributed by atoms with E-state index in [1.165, 1.54) is 6.07 Å². The van der Waals surface area contributed by atoms with Crippen molar-refractivity contribution in [3.8, 4) is 39.9 Å². The van der Waals surface area contributed by atoms with Gasteiger partial charge in [0.1, 0.15) is 17.2 Å². The second kappa shape index (κ2) is 6.18. The molecule has 0 amide bonds. The second-order valence-electron chi connectivity index (χ2n) is 5.71. The predicted octanol–water partition coefficient (Wildman–Crippen LogP) is 2.95. The maximum atomic E-state index is 12.3. The van der Waals surface area contributed by atoms with Gasteiger partial charge in [0.05, 0.1) is 32.4 Å². The Bertz CT molecular complexity index is 1030. The Morgan fingerprint density at radius 2 is 1.54 bits per heavy atom. The van der Waals surface area contributed by atoms with Crippen LogP contribution in [0.1, 0.15) is 0 Å². The minimum Gasteiger partial charge on any atom is -0.496 e. The summed E-state index contributed by atoms with van der Waals surface area (Å²) in [6.07, 6.45) is 0. The van der Waals surface area contributed by atoms with Crippen LogP contribution >= 0.6 is 0 Å². The summed E-state index contributed by atoms with van der Waals surface area (Å²) in [5.74, 6) is 2.88. The van der Waals surface area contributed by atoms with Crippen molar-refractivity contribution in [2.24, 2.45) is 0 Å². The third kappa shape index (κ3) is 2.48. The van der Waals surface area contributed by atoms with Crippen LogP contribution in [0.5, 0.6) is 28.7 Å². The number of hydrogen-bond donors (Lipinski definition) is 1. The van der Waals surface area contributed by atoms with Gasteiger partial charge in [-0.2, -0.15) is 0 Å². The molecule has 0 atom stereocenters. The van der Waals surface area contributed by atoms with Crippen LogP contribution in [0.3, 0.4) is 0 Å². The molecule has 0 fully saturated rings. The summed E-state index contributed by atoms with van der Waals surface area (Å²) in [6.45, 7) is 0.153. The summed E-state index contributed by atoms with van der Waals surface area (Å²) in [5, 5.41) is 0.788. The fourth-order valence-electron chi connectivity index (χ4n) is 3.12. The maximum absolute atomic E-state index is 12.3. The Morgan fingerprint density at radius 3 is 2.15 bits per heavy atom. The first-order valence-corrected chi connectivity index (χ1v) is 7.91. The van der Waals surface area contributed by atoms with Crippen molar-refractivity contribution >= 4 is 10.9 Å². The van der Waals surface area contributed by atoms with Crippen molar-refractivity contribution in [1.29, 1.82) is 0 Å². The minimum atomic E-state index is -0.244. The Balaban J connectivity index is 2.07. The molecule has 2 heterocycles. The highest BCUT2D eigenvalue weighted by molar-refractivity contribution is 5.99. The molecule has 0 saturated carbocycles. The van der Waals surface area contributed by atoms with E-state index in [2.05, 4.69) is 4.98 Å². The van der Waals surface area contributed by atoms with Gasteiger partial charge >= 0.3 is 0 Å². The predicted molar refractivity (Wildman–Crippen MR) is 95.8 cm³/mol. The molecular weight excluding hydrogens is 338 g/mol. The van der Waals surface area contributed by atoms with Crippen LogP contribution in [0.4, 0.5) is 0 Å². The molecule has 7 heteroatoms. The first-order valence-electron chi connectivity index (χ1n) is 7.91. The maximum Gasteiger partial charge on any atom is 0.249 e. The summed E-state index contributed by atoms with van der Waals surface area (Å²) in [4.78, 5) is 15.1. The lowest BCUT2D eigenvalue weighted by Gasteiger charge is -2.16. The van der Waals surface area contributed by atoms with Crippen molar-refractivity contribution in [3.63, 3.8) is 0 Å². The highest BCUT2D eigenvalue weighted by atomic mass is 16.7. The van der Waals surface area contributed by atoms with Crippen molar-refractivity contribution < 1.29 is 23.7 Å².